The molecule has 1 aromatic carbocycles. The molecular weight excluding hydrogens is 314 g/mol. The monoisotopic (exact) mass is 337 g/mol. The predicted molar refractivity (Wildman–Crippen MR) is 89.8 cm³/mol. The number of guanidine groups is 1. The van der Waals surface area contributed by atoms with Crippen molar-refractivity contribution in [3.63, 3.8) is 0 Å². The van der Waals surface area contributed by atoms with Gasteiger partial charge in [-0.05, 0) is 0 Å². The topological polar surface area (TPSA) is 103 Å². The molecule has 0 spiro atoms. The number of benzene rings is 1. The fraction of sp³-hybridized carbons (Fsp3) is 0.467. The zero-order valence-corrected chi connectivity index (χ0v) is 14.5. The quantitative estimate of drug-likeness (QED) is 0.391. The number of rotatable bonds is 4. The zero-order valence-electron chi connectivity index (χ0n) is 14.5. The summed E-state index contributed by atoms with van der Waals surface area (Å²) < 4.78 is 0. The lowest BCUT2D eigenvalue weighted by molar-refractivity contribution is -0.385. The summed E-state index contributed by atoms with van der Waals surface area (Å²) in [7, 11) is 6.20. The molecule has 0 aliphatic heterocycles. The first-order valence-electron chi connectivity index (χ1n) is 7.31. The van der Waals surface area contributed by atoms with Crippen LogP contribution in [0.2, 0.25) is 0 Å². The largest absolute Gasteiger partial charge is 0.433 e. The van der Waals surface area contributed by atoms with E-state index in [0.717, 1.165) is 5.06 Å². The molecule has 0 bridgehead atoms. The standard InChI is InChI=1S/C15H23N5O4/c1-11(12-8-6-7-9-13(12)20(22)23)10-18(4)14(16)19(5)24-15(21)17(2)3/h6-9,11,16H,10H2,1-5H3. The van der Waals surface area contributed by atoms with Gasteiger partial charge in [-0.25, -0.2) is 4.79 Å². The molecule has 24 heavy (non-hydrogen) atoms. The van der Waals surface area contributed by atoms with Crippen LogP contribution in [0.15, 0.2) is 24.3 Å². The summed E-state index contributed by atoms with van der Waals surface area (Å²) in [5.41, 5.74) is 0.646. The molecule has 0 fully saturated rings. The maximum absolute atomic E-state index is 11.5. The van der Waals surface area contributed by atoms with Crippen molar-refractivity contribution >= 4 is 17.7 Å². The van der Waals surface area contributed by atoms with Crippen molar-refractivity contribution < 1.29 is 14.6 Å². The summed E-state index contributed by atoms with van der Waals surface area (Å²) in [4.78, 5) is 30.0. The smallest absolute Gasteiger partial charge is 0.343 e. The molecule has 1 atom stereocenters. The number of carbonyl (C=O) groups is 1. The van der Waals surface area contributed by atoms with E-state index in [9.17, 15) is 14.9 Å². The first-order chi connectivity index (χ1) is 11.1. The average molecular weight is 337 g/mol. The molecule has 0 saturated carbocycles. The van der Waals surface area contributed by atoms with Crippen LogP contribution in [0.3, 0.4) is 0 Å². The number of nitrogens with one attached hydrogen (secondary N) is 1. The number of carbonyl (C=O) groups excluding carboxylic acids is 1. The second kappa shape index (κ2) is 8.14. The fourth-order valence-electron chi connectivity index (χ4n) is 2.15. The second-order valence-corrected chi connectivity index (χ2v) is 5.67. The number of para-hydroxylation sites is 1. The van der Waals surface area contributed by atoms with E-state index in [4.69, 9.17) is 10.2 Å². The summed E-state index contributed by atoms with van der Waals surface area (Å²) >= 11 is 0. The SMILES string of the molecule is CC(CN(C)C(=N)N(C)OC(=O)N(C)C)c1ccccc1[N+](=O)[O-]. The minimum absolute atomic E-state index is 0.0318. The van der Waals surface area contributed by atoms with Gasteiger partial charge in [0, 0.05) is 52.3 Å². The molecule has 9 nitrogen and oxygen atoms in total. The summed E-state index contributed by atoms with van der Waals surface area (Å²) in [6.07, 6.45) is -0.595. The Kier molecular flexibility index (Phi) is 6.51. The van der Waals surface area contributed by atoms with Crippen LogP contribution in [-0.2, 0) is 4.84 Å². The molecule has 1 unspecified atom stereocenters. The summed E-state index contributed by atoms with van der Waals surface area (Å²) in [6.45, 7) is 2.20. The van der Waals surface area contributed by atoms with Gasteiger partial charge in [0.15, 0.2) is 0 Å². The first-order valence-corrected chi connectivity index (χ1v) is 7.31. The third-order valence-electron chi connectivity index (χ3n) is 3.45. The van der Waals surface area contributed by atoms with Gasteiger partial charge in [0.05, 0.1) is 4.92 Å². The zero-order chi connectivity index (χ0) is 18.4. The van der Waals surface area contributed by atoms with Gasteiger partial charge in [-0.3, -0.25) is 15.5 Å². The van der Waals surface area contributed by atoms with Gasteiger partial charge in [-0.2, -0.15) is 5.06 Å². The second-order valence-electron chi connectivity index (χ2n) is 5.67. The molecule has 132 valence electrons. The van der Waals surface area contributed by atoms with Crippen LogP contribution in [0.4, 0.5) is 10.5 Å². The molecule has 0 aromatic heterocycles. The highest BCUT2D eigenvalue weighted by Crippen LogP contribution is 2.26. The Balaban J connectivity index is 2.76. The Hall–Kier alpha value is -2.84. The lowest BCUT2D eigenvalue weighted by Crippen LogP contribution is -2.43. The third kappa shape index (κ3) is 4.83. The van der Waals surface area contributed by atoms with E-state index < -0.39 is 11.0 Å². The van der Waals surface area contributed by atoms with Crippen molar-refractivity contribution in [1.82, 2.24) is 14.9 Å². The Morgan fingerprint density at radius 1 is 1.29 bits per heavy atom. The van der Waals surface area contributed by atoms with Crippen molar-refractivity contribution in [1.29, 1.82) is 5.41 Å². The molecule has 0 aliphatic rings. The Bertz CT molecular complexity index is 620. The first kappa shape index (κ1) is 19.2. The van der Waals surface area contributed by atoms with Crippen molar-refractivity contribution in [2.45, 2.75) is 12.8 Å². The maximum Gasteiger partial charge on any atom is 0.433 e. The molecule has 1 N–H and O–H groups in total. The van der Waals surface area contributed by atoms with Gasteiger partial charge < -0.3 is 14.6 Å². The molecule has 0 radical (unpaired) electrons. The molecule has 9 heteroatoms. The molecule has 0 heterocycles. The molecule has 1 aromatic rings. The van der Waals surface area contributed by atoms with Gasteiger partial charge in [0.2, 0.25) is 5.96 Å². The Morgan fingerprint density at radius 3 is 2.42 bits per heavy atom. The average Bonchev–Trinajstić information content (AvgIpc) is 2.53. The number of nitrogens with zero attached hydrogens (tertiary/aromatic N) is 4. The van der Waals surface area contributed by atoms with Crippen LogP contribution >= 0.6 is 0 Å². The number of nitro groups is 1. The van der Waals surface area contributed by atoms with Gasteiger partial charge in [-0.1, -0.05) is 25.1 Å². The van der Waals surface area contributed by atoms with E-state index in [1.54, 1.807) is 44.2 Å². The fourth-order valence-corrected chi connectivity index (χ4v) is 2.15. The molecule has 1 rings (SSSR count). The highest BCUT2D eigenvalue weighted by Gasteiger charge is 2.22. The normalized spacial score (nSPS) is 11.4. The van der Waals surface area contributed by atoms with E-state index in [1.165, 1.54) is 18.0 Å². The Labute approximate surface area is 141 Å². The van der Waals surface area contributed by atoms with Crippen LogP contribution in [-0.4, -0.2) is 66.6 Å². The molecule has 1 amide bonds. The number of likely N-dealkylation sites (N-methyl/N-ethyl adjacent to an activating group) is 1. The van der Waals surface area contributed by atoms with Crippen molar-refractivity contribution in [3.8, 4) is 0 Å². The number of hydroxylamine groups is 2. The molecule has 0 aliphatic carbocycles. The van der Waals surface area contributed by atoms with Crippen LogP contribution in [0, 0.1) is 15.5 Å². The van der Waals surface area contributed by atoms with E-state index in [-0.39, 0.29) is 17.6 Å². The molecular formula is C15H23N5O4. The maximum atomic E-state index is 11.5. The van der Waals surface area contributed by atoms with Crippen molar-refractivity contribution in [2.75, 3.05) is 34.7 Å². The Morgan fingerprint density at radius 2 is 1.88 bits per heavy atom. The number of amides is 1. The number of hydrogen-bond acceptors (Lipinski definition) is 5. The lowest BCUT2D eigenvalue weighted by atomic mass is 9.99. The van der Waals surface area contributed by atoms with Gasteiger partial charge in [-0.15, -0.1) is 0 Å². The van der Waals surface area contributed by atoms with E-state index in [1.807, 2.05) is 6.92 Å². The van der Waals surface area contributed by atoms with Crippen LogP contribution in [0.25, 0.3) is 0 Å². The van der Waals surface area contributed by atoms with Gasteiger partial charge in [0.25, 0.3) is 5.69 Å². The summed E-state index contributed by atoms with van der Waals surface area (Å²) in [5.74, 6) is -0.217. The van der Waals surface area contributed by atoms with Crippen molar-refractivity contribution in [2.24, 2.45) is 0 Å². The van der Waals surface area contributed by atoms with Crippen LogP contribution in [0.5, 0.6) is 0 Å². The number of nitro benzene ring substituents is 1. The van der Waals surface area contributed by atoms with Crippen molar-refractivity contribution in [3.05, 3.63) is 39.9 Å². The van der Waals surface area contributed by atoms with Gasteiger partial charge >= 0.3 is 6.09 Å². The minimum Gasteiger partial charge on any atom is -0.343 e. The van der Waals surface area contributed by atoms with Crippen LogP contribution in [0.1, 0.15) is 18.4 Å². The van der Waals surface area contributed by atoms with E-state index in [0.29, 0.717) is 12.1 Å². The highest BCUT2D eigenvalue weighted by molar-refractivity contribution is 5.77. The highest BCUT2D eigenvalue weighted by atomic mass is 16.7. The third-order valence-corrected chi connectivity index (χ3v) is 3.45. The minimum atomic E-state index is -0.595. The van der Waals surface area contributed by atoms with Crippen LogP contribution < -0.4 is 0 Å². The molecule has 0 saturated heterocycles. The van der Waals surface area contributed by atoms with Gasteiger partial charge in [0.1, 0.15) is 0 Å². The lowest BCUT2D eigenvalue weighted by Gasteiger charge is -2.29. The van der Waals surface area contributed by atoms with E-state index in [2.05, 4.69) is 0 Å². The van der Waals surface area contributed by atoms with E-state index >= 15 is 0 Å². The summed E-state index contributed by atoms with van der Waals surface area (Å²) in [5, 5.41) is 20.2. The number of hydrogen-bond donors (Lipinski definition) is 1. The predicted octanol–water partition coefficient (Wildman–Crippen LogP) is 2.11. The summed E-state index contributed by atoms with van der Waals surface area (Å²) in [6, 6.07) is 6.53.